The average Bonchev–Trinajstić information content (AvgIpc) is 2.62. The lowest BCUT2D eigenvalue weighted by atomic mass is 10.3. The van der Waals surface area contributed by atoms with E-state index < -0.39 is 10.8 Å². The van der Waals surface area contributed by atoms with Crippen molar-refractivity contribution in [1.29, 1.82) is 0 Å². The van der Waals surface area contributed by atoms with Crippen molar-refractivity contribution in [2.75, 3.05) is 12.0 Å². The summed E-state index contributed by atoms with van der Waals surface area (Å²) in [5.74, 6) is 0.698. The van der Waals surface area contributed by atoms with E-state index in [1.54, 1.807) is 6.26 Å². The molecule has 4 nitrogen and oxygen atoms in total. The van der Waals surface area contributed by atoms with E-state index in [-0.39, 0.29) is 6.04 Å². The Morgan fingerprint density at radius 3 is 3.00 bits per heavy atom. The summed E-state index contributed by atoms with van der Waals surface area (Å²) in [6, 6.07) is 0.278. The normalized spacial score (nSPS) is 14.9. The number of hydrogen-bond acceptors (Lipinski definition) is 3. The highest BCUT2D eigenvalue weighted by molar-refractivity contribution is 7.84. The lowest BCUT2D eigenvalue weighted by Crippen LogP contribution is -2.30. The van der Waals surface area contributed by atoms with Crippen LogP contribution in [0.2, 0.25) is 0 Å². The fourth-order valence-corrected chi connectivity index (χ4v) is 2.37. The van der Waals surface area contributed by atoms with Gasteiger partial charge in [0.25, 0.3) is 0 Å². The Bertz CT molecular complexity index is 338. The summed E-state index contributed by atoms with van der Waals surface area (Å²) in [4.78, 5) is 0. The fraction of sp³-hybridized carbons (Fsp3) is 0.727. The third-order valence-corrected chi connectivity index (χ3v) is 3.25. The van der Waals surface area contributed by atoms with Gasteiger partial charge in [-0.25, -0.2) is 0 Å². The molecule has 0 aliphatic carbocycles. The molecule has 0 radical (unpaired) electrons. The first-order valence-corrected chi connectivity index (χ1v) is 7.39. The van der Waals surface area contributed by atoms with E-state index in [9.17, 15) is 4.21 Å². The number of nitrogens with zero attached hydrogens (tertiary/aromatic N) is 2. The van der Waals surface area contributed by atoms with Crippen LogP contribution in [-0.2, 0) is 23.9 Å². The first kappa shape index (κ1) is 13.4. The van der Waals surface area contributed by atoms with Crippen LogP contribution < -0.4 is 5.32 Å². The van der Waals surface area contributed by atoms with Gasteiger partial charge in [-0.05, 0) is 13.3 Å². The summed E-state index contributed by atoms with van der Waals surface area (Å²) in [7, 11) is -0.735. The largest absolute Gasteiger partial charge is 0.309 e. The van der Waals surface area contributed by atoms with Gasteiger partial charge in [0, 0.05) is 53.7 Å². The molecule has 16 heavy (non-hydrogen) atoms. The van der Waals surface area contributed by atoms with Crippen molar-refractivity contribution in [2.24, 2.45) is 0 Å². The second kappa shape index (κ2) is 6.81. The van der Waals surface area contributed by atoms with Gasteiger partial charge in [-0.15, -0.1) is 0 Å². The maximum Gasteiger partial charge on any atom is 0.0534 e. The van der Waals surface area contributed by atoms with Crippen LogP contribution in [0, 0.1) is 0 Å². The maximum absolute atomic E-state index is 11.0. The summed E-state index contributed by atoms with van der Waals surface area (Å²) in [6.45, 7) is 5.95. The molecule has 0 saturated heterocycles. The smallest absolute Gasteiger partial charge is 0.0534 e. The SMILES string of the molecule is CCCn1cc(CNC(C)CS(C)=O)cn1. The van der Waals surface area contributed by atoms with Gasteiger partial charge < -0.3 is 5.32 Å². The molecule has 0 saturated carbocycles. The highest BCUT2D eigenvalue weighted by Crippen LogP contribution is 1.99. The first-order valence-electron chi connectivity index (χ1n) is 5.66. The molecule has 0 spiro atoms. The molecular formula is C11H21N3OS. The Morgan fingerprint density at radius 2 is 2.38 bits per heavy atom. The predicted octanol–water partition coefficient (Wildman–Crippen LogP) is 1.15. The molecule has 0 bridgehead atoms. The molecule has 1 aromatic rings. The summed E-state index contributed by atoms with van der Waals surface area (Å²) >= 11 is 0. The number of aromatic nitrogens is 2. The average molecular weight is 243 g/mol. The molecule has 0 fully saturated rings. The highest BCUT2D eigenvalue weighted by Gasteiger charge is 2.04. The van der Waals surface area contributed by atoms with Gasteiger partial charge in [-0.1, -0.05) is 6.92 Å². The van der Waals surface area contributed by atoms with Crippen LogP contribution in [0.15, 0.2) is 12.4 Å². The van der Waals surface area contributed by atoms with Gasteiger partial charge in [-0.3, -0.25) is 8.89 Å². The molecule has 2 atom stereocenters. The van der Waals surface area contributed by atoms with Gasteiger partial charge in [0.1, 0.15) is 0 Å². The van der Waals surface area contributed by atoms with Crippen molar-refractivity contribution in [2.45, 2.75) is 39.4 Å². The van der Waals surface area contributed by atoms with Crippen LogP contribution in [-0.4, -0.2) is 32.0 Å². The van der Waals surface area contributed by atoms with E-state index in [4.69, 9.17) is 0 Å². The number of hydrogen-bond donors (Lipinski definition) is 1. The van der Waals surface area contributed by atoms with Crippen molar-refractivity contribution in [3.05, 3.63) is 18.0 Å². The molecule has 92 valence electrons. The van der Waals surface area contributed by atoms with Crippen LogP contribution in [0.25, 0.3) is 0 Å². The molecule has 1 aromatic heterocycles. The van der Waals surface area contributed by atoms with E-state index in [1.807, 2.05) is 10.9 Å². The van der Waals surface area contributed by atoms with Gasteiger partial charge in [0.05, 0.1) is 6.20 Å². The number of rotatable bonds is 7. The van der Waals surface area contributed by atoms with Crippen LogP contribution in [0.5, 0.6) is 0 Å². The Balaban J connectivity index is 2.33. The van der Waals surface area contributed by atoms with E-state index in [0.29, 0.717) is 5.75 Å². The monoisotopic (exact) mass is 243 g/mol. The topological polar surface area (TPSA) is 46.9 Å². The molecule has 1 heterocycles. The standard InChI is InChI=1S/C11H21N3OS/c1-4-5-14-8-11(7-13-14)6-12-10(2)9-16(3)15/h7-8,10,12H,4-6,9H2,1-3H3. The van der Waals surface area contributed by atoms with Crippen LogP contribution in [0.1, 0.15) is 25.8 Å². The van der Waals surface area contributed by atoms with Gasteiger partial charge in [0.2, 0.25) is 0 Å². The third kappa shape index (κ3) is 4.90. The Labute approximate surface area is 99.9 Å². The summed E-state index contributed by atoms with van der Waals surface area (Å²) in [5, 5.41) is 7.60. The summed E-state index contributed by atoms with van der Waals surface area (Å²) in [6.07, 6.45) is 6.78. The van der Waals surface area contributed by atoms with E-state index in [2.05, 4.69) is 30.5 Å². The van der Waals surface area contributed by atoms with Crippen LogP contribution in [0.3, 0.4) is 0 Å². The second-order valence-corrected chi connectivity index (χ2v) is 5.61. The highest BCUT2D eigenvalue weighted by atomic mass is 32.2. The third-order valence-electron chi connectivity index (χ3n) is 2.28. The lowest BCUT2D eigenvalue weighted by Gasteiger charge is -2.10. The zero-order valence-corrected chi connectivity index (χ0v) is 11.1. The van der Waals surface area contributed by atoms with Crippen molar-refractivity contribution in [1.82, 2.24) is 15.1 Å². The molecule has 1 rings (SSSR count). The zero-order valence-electron chi connectivity index (χ0n) is 10.3. The van der Waals surface area contributed by atoms with Gasteiger partial charge in [0.15, 0.2) is 0 Å². The predicted molar refractivity (Wildman–Crippen MR) is 67.8 cm³/mol. The quantitative estimate of drug-likeness (QED) is 0.781. The Kier molecular flexibility index (Phi) is 5.69. The van der Waals surface area contributed by atoms with E-state index in [0.717, 1.165) is 19.5 Å². The zero-order chi connectivity index (χ0) is 12.0. The molecule has 0 aromatic carbocycles. The van der Waals surface area contributed by atoms with Crippen molar-refractivity contribution in [3.8, 4) is 0 Å². The number of nitrogens with one attached hydrogen (secondary N) is 1. The van der Waals surface area contributed by atoms with Crippen molar-refractivity contribution in [3.63, 3.8) is 0 Å². The fourth-order valence-electron chi connectivity index (χ4n) is 1.55. The van der Waals surface area contributed by atoms with Gasteiger partial charge >= 0.3 is 0 Å². The molecule has 0 aliphatic rings. The first-order chi connectivity index (χ1) is 7.61. The van der Waals surface area contributed by atoms with E-state index in [1.165, 1.54) is 5.56 Å². The van der Waals surface area contributed by atoms with E-state index >= 15 is 0 Å². The lowest BCUT2D eigenvalue weighted by molar-refractivity contribution is 0.583. The summed E-state index contributed by atoms with van der Waals surface area (Å²) < 4.78 is 13.0. The minimum atomic E-state index is -0.735. The minimum absolute atomic E-state index is 0.278. The van der Waals surface area contributed by atoms with Crippen molar-refractivity contribution >= 4 is 10.8 Å². The minimum Gasteiger partial charge on any atom is -0.309 e. The number of aryl methyl sites for hydroxylation is 1. The molecule has 2 unspecified atom stereocenters. The molecule has 1 N–H and O–H groups in total. The van der Waals surface area contributed by atoms with Crippen LogP contribution in [0.4, 0.5) is 0 Å². The van der Waals surface area contributed by atoms with Gasteiger partial charge in [-0.2, -0.15) is 5.10 Å². The molecular weight excluding hydrogens is 222 g/mol. The maximum atomic E-state index is 11.0. The molecule has 5 heteroatoms. The molecule has 0 amide bonds. The van der Waals surface area contributed by atoms with Crippen molar-refractivity contribution < 1.29 is 4.21 Å². The Morgan fingerprint density at radius 1 is 1.62 bits per heavy atom. The summed E-state index contributed by atoms with van der Waals surface area (Å²) in [5.41, 5.74) is 1.18. The second-order valence-electron chi connectivity index (χ2n) is 4.13. The van der Waals surface area contributed by atoms with Crippen LogP contribution >= 0.6 is 0 Å². The molecule has 0 aliphatic heterocycles. The Hall–Kier alpha value is -0.680.